The Morgan fingerprint density at radius 3 is 2.88 bits per heavy atom. The second-order valence-corrected chi connectivity index (χ2v) is 5.90. The first-order valence-electron chi connectivity index (χ1n) is 4.67. The lowest BCUT2D eigenvalue weighted by atomic mass is 10.5. The van der Waals surface area contributed by atoms with Gasteiger partial charge in [0.15, 0.2) is 0 Å². The van der Waals surface area contributed by atoms with Gasteiger partial charge in [0.2, 0.25) is 10.0 Å². The van der Waals surface area contributed by atoms with Gasteiger partial charge in [-0.25, -0.2) is 13.1 Å². The molecule has 1 aromatic heterocycles. The lowest BCUT2D eigenvalue weighted by Crippen LogP contribution is -2.26. The Balaban J connectivity index is 2.61. The minimum absolute atomic E-state index is 0.153. The van der Waals surface area contributed by atoms with Crippen molar-refractivity contribution >= 4 is 21.4 Å². The summed E-state index contributed by atoms with van der Waals surface area (Å²) in [5.41, 5.74) is 0. The molecule has 1 heterocycles. The second-order valence-electron chi connectivity index (χ2n) is 2.83. The predicted octanol–water partition coefficient (Wildman–Crippen LogP) is 0.935. The molecule has 0 amide bonds. The zero-order chi connectivity index (χ0) is 12.0. The van der Waals surface area contributed by atoms with Crippen molar-refractivity contribution in [3.63, 3.8) is 0 Å². The standard InChI is InChI=1S/C9H12N2O3S2/c1-2-14-6-5-11-16(12,13)9-4-3-8(7-10)15-9/h3-4,11H,2,5-6H2,1H3. The molecule has 0 fully saturated rings. The van der Waals surface area contributed by atoms with E-state index in [1.807, 2.05) is 13.0 Å². The number of ether oxygens (including phenoxy) is 1. The summed E-state index contributed by atoms with van der Waals surface area (Å²) in [5.74, 6) is 0. The first-order chi connectivity index (χ1) is 7.60. The molecule has 88 valence electrons. The lowest BCUT2D eigenvalue weighted by molar-refractivity contribution is 0.153. The van der Waals surface area contributed by atoms with Crippen LogP contribution in [0, 0.1) is 11.3 Å². The fourth-order valence-electron chi connectivity index (χ4n) is 0.988. The number of nitriles is 1. The molecule has 5 nitrogen and oxygen atoms in total. The molecule has 0 saturated heterocycles. The number of nitrogens with zero attached hydrogens (tertiary/aromatic N) is 1. The zero-order valence-corrected chi connectivity index (χ0v) is 10.4. The number of hydrogen-bond acceptors (Lipinski definition) is 5. The third-order valence-electron chi connectivity index (χ3n) is 1.70. The van der Waals surface area contributed by atoms with E-state index in [0.717, 1.165) is 11.3 Å². The summed E-state index contributed by atoms with van der Waals surface area (Å²) >= 11 is 0.951. The summed E-state index contributed by atoms with van der Waals surface area (Å²) in [7, 11) is -3.49. The average Bonchev–Trinajstić information content (AvgIpc) is 2.73. The molecule has 0 unspecified atom stereocenters. The maximum Gasteiger partial charge on any atom is 0.250 e. The molecule has 0 saturated carbocycles. The maximum atomic E-state index is 11.7. The summed E-state index contributed by atoms with van der Waals surface area (Å²) in [6.07, 6.45) is 0. The van der Waals surface area contributed by atoms with E-state index in [-0.39, 0.29) is 10.8 Å². The van der Waals surface area contributed by atoms with E-state index < -0.39 is 10.0 Å². The third-order valence-corrected chi connectivity index (χ3v) is 4.64. The van der Waals surface area contributed by atoms with Crippen LogP contribution in [0.2, 0.25) is 0 Å². The molecule has 1 rings (SSSR count). The molecule has 0 aliphatic heterocycles. The van der Waals surface area contributed by atoms with E-state index in [0.29, 0.717) is 18.1 Å². The molecule has 0 atom stereocenters. The number of rotatable bonds is 6. The van der Waals surface area contributed by atoms with Crippen LogP contribution in [-0.4, -0.2) is 28.2 Å². The first-order valence-corrected chi connectivity index (χ1v) is 6.97. The van der Waals surface area contributed by atoms with Gasteiger partial charge in [-0.2, -0.15) is 5.26 Å². The quantitative estimate of drug-likeness (QED) is 0.772. The Bertz CT molecular complexity index is 473. The van der Waals surface area contributed by atoms with Crippen molar-refractivity contribution in [2.45, 2.75) is 11.1 Å². The van der Waals surface area contributed by atoms with Crippen molar-refractivity contribution in [1.82, 2.24) is 4.72 Å². The van der Waals surface area contributed by atoms with Crippen LogP contribution in [0.5, 0.6) is 0 Å². The SMILES string of the molecule is CCOCCNS(=O)(=O)c1ccc(C#N)s1. The van der Waals surface area contributed by atoms with Gasteiger partial charge >= 0.3 is 0 Å². The van der Waals surface area contributed by atoms with Gasteiger partial charge in [0.05, 0.1) is 6.61 Å². The minimum atomic E-state index is -3.49. The van der Waals surface area contributed by atoms with E-state index in [2.05, 4.69) is 4.72 Å². The van der Waals surface area contributed by atoms with Crippen LogP contribution in [0.3, 0.4) is 0 Å². The van der Waals surface area contributed by atoms with Gasteiger partial charge in [-0.3, -0.25) is 0 Å². The number of thiophene rings is 1. The smallest absolute Gasteiger partial charge is 0.250 e. The van der Waals surface area contributed by atoms with Crippen molar-refractivity contribution in [3.05, 3.63) is 17.0 Å². The normalized spacial score (nSPS) is 11.2. The monoisotopic (exact) mass is 260 g/mol. The third kappa shape index (κ3) is 3.57. The van der Waals surface area contributed by atoms with Gasteiger partial charge in [-0.15, -0.1) is 11.3 Å². The van der Waals surface area contributed by atoms with Crippen molar-refractivity contribution in [2.24, 2.45) is 0 Å². The Morgan fingerprint density at radius 1 is 1.56 bits per heavy atom. The lowest BCUT2D eigenvalue weighted by Gasteiger charge is -2.04. The molecule has 0 spiro atoms. The Morgan fingerprint density at radius 2 is 2.31 bits per heavy atom. The average molecular weight is 260 g/mol. The van der Waals surface area contributed by atoms with E-state index in [9.17, 15) is 8.42 Å². The molecule has 0 bridgehead atoms. The van der Waals surface area contributed by atoms with Crippen LogP contribution >= 0.6 is 11.3 Å². The summed E-state index contributed by atoms with van der Waals surface area (Å²) in [6, 6.07) is 4.81. The molecule has 7 heteroatoms. The van der Waals surface area contributed by atoms with E-state index >= 15 is 0 Å². The maximum absolute atomic E-state index is 11.7. The van der Waals surface area contributed by atoms with E-state index in [4.69, 9.17) is 10.00 Å². The predicted molar refractivity (Wildman–Crippen MR) is 60.7 cm³/mol. The second kappa shape index (κ2) is 5.96. The molecule has 0 aliphatic carbocycles. The zero-order valence-electron chi connectivity index (χ0n) is 8.76. The fourth-order valence-corrected chi connectivity index (χ4v) is 3.15. The highest BCUT2D eigenvalue weighted by molar-refractivity contribution is 7.91. The van der Waals surface area contributed by atoms with Crippen molar-refractivity contribution < 1.29 is 13.2 Å². The molecule has 0 radical (unpaired) electrons. The first kappa shape index (κ1) is 13.1. The van der Waals surface area contributed by atoms with Crippen molar-refractivity contribution in [1.29, 1.82) is 5.26 Å². The minimum Gasteiger partial charge on any atom is -0.380 e. The highest BCUT2D eigenvalue weighted by Crippen LogP contribution is 2.20. The summed E-state index contributed by atoms with van der Waals surface area (Å²) < 4.78 is 30.9. The van der Waals surface area contributed by atoms with Gasteiger partial charge in [-0.05, 0) is 19.1 Å². The molecule has 16 heavy (non-hydrogen) atoms. The van der Waals surface area contributed by atoms with Gasteiger partial charge in [-0.1, -0.05) is 0 Å². The van der Waals surface area contributed by atoms with Crippen LogP contribution in [0.15, 0.2) is 16.3 Å². The van der Waals surface area contributed by atoms with Gasteiger partial charge < -0.3 is 4.74 Å². The Kier molecular flexibility index (Phi) is 4.89. The van der Waals surface area contributed by atoms with Crippen LogP contribution in [0.1, 0.15) is 11.8 Å². The van der Waals surface area contributed by atoms with Crippen LogP contribution in [-0.2, 0) is 14.8 Å². The van der Waals surface area contributed by atoms with E-state index in [1.54, 1.807) is 0 Å². The van der Waals surface area contributed by atoms with Gasteiger partial charge in [0, 0.05) is 13.2 Å². The summed E-state index contributed by atoms with van der Waals surface area (Å²) in [5, 5.41) is 8.59. The van der Waals surface area contributed by atoms with Gasteiger partial charge in [0.1, 0.15) is 15.2 Å². The molecular formula is C9H12N2O3S2. The van der Waals surface area contributed by atoms with Crippen LogP contribution in [0.25, 0.3) is 0 Å². The van der Waals surface area contributed by atoms with E-state index in [1.165, 1.54) is 12.1 Å². The van der Waals surface area contributed by atoms with Crippen molar-refractivity contribution in [3.8, 4) is 6.07 Å². The number of hydrogen-bond donors (Lipinski definition) is 1. The fraction of sp³-hybridized carbons (Fsp3) is 0.444. The summed E-state index contributed by atoms with van der Waals surface area (Å²) in [6.45, 7) is 2.97. The van der Waals surface area contributed by atoms with Crippen molar-refractivity contribution in [2.75, 3.05) is 19.8 Å². The number of sulfonamides is 1. The molecule has 0 aromatic carbocycles. The number of nitrogens with one attached hydrogen (secondary N) is 1. The molecule has 1 N–H and O–H groups in total. The topological polar surface area (TPSA) is 79.2 Å². The highest BCUT2D eigenvalue weighted by atomic mass is 32.2. The van der Waals surface area contributed by atoms with Crippen LogP contribution in [0.4, 0.5) is 0 Å². The largest absolute Gasteiger partial charge is 0.380 e. The summed E-state index contributed by atoms with van der Waals surface area (Å²) in [4.78, 5) is 0.380. The Hall–Kier alpha value is -0.940. The molecule has 1 aromatic rings. The highest BCUT2D eigenvalue weighted by Gasteiger charge is 2.15. The van der Waals surface area contributed by atoms with Crippen LogP contribution < -0.4 is 4.72 Å². The van der Waals surface area contributed by atoms with Gasteiger partial charge in [0.25, 0.3) is 0 Å². The molecular weight excluding hydrogens is 248 g/mol. The Labute approximate surface area is 98.7 Å². The molecule has 0 aliphatic rings.